The van der Waals surface area contributed by atoms with Crippen molar-refractivity contribution in [1.29, 1.82) is 0 Å². The number of hydrogen-bond donors (Lipinski definition) is 0. The molecule has 0 radical (unpaired) electrons. The minimum atomic E-state index is -0.160. The van der Waals surface area contributed by atoms with Crippen LogP contribution in [0, 0.1) is 6.92 Å². The first-order chi connectivity index (χ1) is 27.0. The second kappa shape index (κ2) is 13.6. The van der Waals surface area contributed by atoms with Crippen LogP contribution >= 0.6 is 0 Å². The van der Waals surface area contributed by atoms with Crippen LogP contribution in [0.2, 0.25) is 0 Å². The van der Waals surface area contributed by atoms with Gasteiger partial charge in [-0.25, -0.2) is 0 Å². The number of para-hydroxylation sites is 2. The summed E-state index contributed by atoms with van der Waals surface area (Å²) in [7, 11) is 0. The zero-order valence-electron chi connectivity index (χ0n) is 31.8. The molecule has 4 aliphatic rings. The number of rotatable bonds is 6. The van der Waals surface area contributed by atoms with E-state index in [0.717, 1.165) is 31.5 Å². The van der Waals surface area contributed by atoms with E-state index in [9.17, 15) is 0 Å². The average molecular weight is 711 g/mol. The van der Waals surface area contributed by atoms with E-state index in [-0.39, 0.29) is 5.41 Å². The minimum absolute atomic E-state index is 0.160. The molecule has 2 heterocycles. The van der Waals surface area contributed by atoms with Crippen LogP contribution < -0.4 is 9.80 Å². The minimum Gasteiger partial charge on any atom is -0.345 e. The summed E-state index contributed by atoms with van der Waals surface area (Å²) in [5.74, 6) is 0. The maximum absolute atomic E-state index is 2.63. The highest BCUT2D eigenvalue weighted by Gasteiger charge is 2.40. The van der Waals surface area contributed by atoms with Gasteiger partial charge in [0.05, 0.1) is 11.4 Å². The summed E-state index contributed by atoms with van der Waals surface area (Å²) >= 11 is 0. The zero-order chi connectivity index (χ0) is 36.9. The van der Waals surface area contributed by atoms with Gasteiger partial charge < -0.3 is 9.80 Å². The molecular weight excluding hydrogens is 665 g/mol. The van der Waals surface area contributed by atoms with Gasteiger partial charge in [0.1, 0.15) is 0 Å². The highest BCUT2D eigenvalue weighted by atomic mass is 15.2. The Labute approximate surface area is 326 Å². The SMILES string of the molecule is Cc1ccccc1CC1(C)c2cc(/C=C/c3ccc(N4c5ccccc5C=Cc5ccccc54)cc3)ccc2-c2ccc(N3CCCC4=C3CCC=C4)cc21. The Morgan fingerprint density at radius 2 is 1.25 bits per heavy atom. The Bertz CT molecular complexity index is 2530. The van der Waals surface area contributed by atoms with Gasteiger partial charge in [0, 0.05) is 29.0 Å². The summed E-state index contributed by atoms with van der Waals surface area (Å²) in [5.41, 5.74) is 21.0. The summed E-state index contributed by atoms with van der Waals surface area (Å²) in [6.45, 7) is 5.84. The largest absolute Gasteiger partial charge is 0.345 e. The molecule has 0 saturated heterocycles. The fourth-order valence-corrected chi connectivity index (χ4v) is 9.54. The van der Waals surface area contributed by atoms with E-state index >= 15 is 0 Å². The van der Waals surface area contributed by atoms with Gasteiger partial charge in [-0.1, -0.05) is 140 Å². The summed E-state index contributed by atoms with van der Waals surface area (Å²) in [6, 6.07) is 49.7. The van der Waals surface area contributed by atoms with Gasteiger partial charge in [0.15, 0.2) is 0 Å². The number of anilines is 4. The molecule has 6 aromatic carbocycles. The predicted molar refractivity (Wildman–Crippen MR) is 234 cm³/mol. The molecule has 0 spiro atoms. The molecule has 10 rings (SSSR count). The van der Waals surface area contributed by atoms with Gasteiger partial charge in [-0.15, -0.1) is 0 Å². The standard InChI is InChI=1S/C53H46N2/c1-37-12-3-4-16-43(37)36-53(2)48-34-39(25-31-46(48)47-32-30-45(35-49(47)53)54-33-11-17-40-13-5-8-18-50(40)54)22-21-38-23-28-44(29-24-38)55-51-19-9-6-14-41(51)26-27-42-15-7-10-20-52(42)55/h3-7,9-10,12-16,19-32,34-35H,8,11,17-18,33,36H2,1-2H3/b22-21+. The zero-order valence-corrected chi connectivity index (χ0v) is 31.8. The molecule has 2 aliphatic heterocycles. The van der Waals surface area contributed by atoms with Gasteiger partial charge in [-0.2, -0.15) is 0 Å². The van der Waals surface area contributed by atoms with Crippen molar-refractivity contribution < 1.29 is 0 Å². The van der Waals surface area contributed by atoms with Crippen molar-refractivity contribution in [1.82, 2.24) is 0 Å². The second-order valence-electron chi connectivity index (χ2n) is 15.8. The van der Waals surface area contributed by atoms with E-state index < -0.39 is 0 Å². The Hall–Kier alpha value is -6.12. The van der Waals surface area contributed by atoms with E-state index in [1.165, 1.54) is 96.8 Å². The third-order valence-electron chi connectivity index (χ3n) is 12.5. The van der Waals surface area contributed by atoms with Crippen molar-refractivity contribution in [3.63, 3.8) is 0 Å². The summed E-state index contributed by atoms with van der Waals surface area (Å²) in [6.07, 6.45) is 19.4. The van der Waals surface area contributed by atoms with Crippen LogP contribution in [0.15, 0.2) is 157 Å². The maximum atomic E-state index is 2.63. The normalized spacial score (nSPS) is 18.1. The third kappa shape index (κ3) is 5.88. The molecule has 55 heavy (non-hydrogen) atoms. The van der Waals surface area contributed by atoms with Crippen molar-refractivity contribution in [2.75, 3.05) is 16.3 Å². The highest BCUT2D eigenvalue weighted by molar-refractivity contribution is 5.93. The van der Waals surface area contributed by atoms with Gasteiger partial charge >= 0.3 is 0 Å². The van der Waals surface area contributed by atoms with Gasteiger partial charge in [-0.3, -0.25) is 0 Å². The van der Waals surface area contributed by atoms with Crippen molar-refractivity contribution in [3.8, 4) is 11.1 Å². The Kier molecular flexibility index (Phi) is 8.29. The van der Waals surface area contributed by atoms with Crippen LogP contribution in [0.25, 0.3) is 35.4 Å². The van der Waals surface area contributed by atoms with E-state index in [1.807, 2.05) is 0 Å². The number of hydrogen-bond acceptors (Lipinski definition) is 2. The summed E-state index contributed by atoms with van der Waals surface area (Å²) in [4.78, 5) is 5.00. The lowest BCUT2D eigenvalue weighted by atomic mass is 9.74. The van der Waals surface area contributed by atoms with Crippen LogP contribution in [0.3, 0.4) is 0 Å². The van der Waals surface area contributed by atoms with Crippen molar-refractivity contribution in [2.45, 2.75) is 51.4 Å². The summed E-state index contributed by atoms with van der Waals surface area (Å²) < 4.78 is 0. The fourth-order valence-electron chi connectivity index (χ4n) is 9.54. The Balaban J connectivity index is 0.989. The van der Waals surface area contributed by atoms with Gasteiger partial charge in [0.2, 0.25) is 0 Å². The van der Waals surface area contributed by atoms with Crippen LogP contribution in [0.4, 0.5) is 22.7 Å². The Morgan fingerprint density at radius 1 is 0.618 bits per heavy atom. The first-order valence-electron chi connectivity index (χ1n) is 20.0. The fraction of sp³-hybridized carbons (Fsp3) is 0.170. The number of fused-ring (bicyclic) bond motifs is 5. The van der Waals surface area contributed by atoms with Crippen molar-refractivity contribution >= 4 is 47.1 Å². The predicted octanol–water partition coefficient (Wildman–Crippen LogP) is 13.9. The number of allylic oxidation sites excluding steroid dienone is 4. The molecule has 2 aliphatic carbocycles. The van der Waals surface area contributed by atoms with Crippen molar-refractivity contribution in [2.24, 2.45) is 0 Å². The topological polar surface area (TPSA) is 6.48 Å². The van der Waals surface area contributed by atoms with Crippen LogP contribution in [0.5, 0.6) is 0 Å². The highest BCUT2D eigenvalue weighted by Crippen LogP contribution is 2.52. The first-order valence-corrected chi connectivity index (χ1v) is 20.0. The van der Waals surface area contributed by atoms with Gasteiger partial charge in [-0.05, 0) is 137 Å². The first kappa shape index (κ1) is 33.4. The molecule has 0 fully saturated rings. The number of aryl methyl sites for hydroxylation is 1. The monoisotopic (exact) mass is 710 g/mol. The van der Waals surface area contributed by atoms with E-state index in [1.54, 1.807) is 0 Å². The summed E-state index contributed by atoms with van der Waals surface area (Å²) in [5, 5.41) is 0. The Morgan fingerprint density at radius 3 is 2.02 bits per heavy atom. The number of nitrogens with zero attached hydrogens (tertiary/aromatic N) is 2. The molecule has 2 nitrogen and oxygen atoms in total. The third-order valence-corrected chi connectivity index (χ3v) is 12.5. The molecule has 0 N–H and O–H groups in total. The van der Waals surface area contributed by atoms with Crippen LogP contribution in [-0.2, 0) is 11.8 Å². The van der Waals surface area contributed by atoms with Crippen LogP contribution in [-0.4, -0.2) is 6.54 Å². The lowest BCUT2D eigenvalue weighted by molar-refractivity contribution is 0.580. The quantitative estimate of drug-likeness (QED) is 0.159. The molecule has 0 saturated carbocycles. The lowest BCUT2D eigenvalue weighted by Crippen LogP contribution is -2.30. The van der Waals surface area contributed by atoms with E-state index in [0.29, 0.717) is 0 Å². The molecular formula is C53H46N2. The molecule has 0 amide bonds. The maximum Gasteiger partial charge on any atom is 0.0534 e. The van der Waals surface area contributed by atoms with Crippen LogP contribution in [0.1, 0.15) is 77.1 Å². The molecule has 1 atom stereocenters. The molecule has 0 bridgehead atoms. The van der Waals surface area contributed by atoms with E-state index in [2.05, 4.69) is 194 Å². The van der Waals surface area contributed by atoms with Crippen molar-refractivity contribution in [3.05, 3.63) is 201 Å². The average Bonchev–Trinajstić information content (AvgIpc) is 3.35. The molecule has 6 aromatic rings. The molecule has 0 aromatic heterocycles. The number of benzene rings is 6. The van der Waals surface area contributed by atoms with Gasteiger partial charge in [0.25, 0.3) is 0 Å². The lowest BCUT2D eigenvalue weighted by Gasteiger charge is -2.36. The molecule has 2 heteroatoms. The molecule has 1 unspecified atom stereocenters. The smallest absolute Gasteiger partial charge is 0.0534 e. The molecule has 268 valence electrons. The van der Waals surface area contributed by atoms with E-state index in [4.69, 9.17) is 0 Å². The second-order valence-corrected chi connectivity index (χ2v) is 15.8.